The van der Waals surface area contributed by atoms with Crippen molar-refractivity contribution in [3.63, 3.8) is 0 Å². The molecule has 1 fully saturated rings. The molecule has 2 atom stereocenters. The Kier molecular flexibility index (Phi) is 7.13. The van der Waals surface area contributed by atoms with E-state index in [9.17, 15) is 15.0 Å². The molecular formula is C28H34N2O3. The largest absolute Gasteiger partial charge is 0.478 e. The Balaban J connectivity index is 1.34. The fourth-order valence-corrected chi connectivity index (χ4v) is 4.96. The second kappa shape index (κ2) is 10.0. The molecule has 5 nitrogen and oxygen atoms in total. The number of nitrogens with zero attached hydrogens (tertiary/aromatic N) is 1. The number of carboxylic acid groups (broad SMARTS) is 1. The standard InChI is InChI=1S/C28H34N2O3/c1-28(2,17-20-12-13-22-8-3-4-9-23(22)15-20)29-18-26(31)25-11-6-14-30(25)19-21-7-5-10-24(16-21)27(32)33/h3-5,7-10,12-13,15-16,25-26,29,31H,6,11,14,17-19H2,1-2H3,(H,32,33)/t25-,26-/m1/s1. The van der Waals surface area contributed by atoms with Gasteiger partial charge in [-0.3, -0.25) is 4.90 Å². The molecule has 0 aromatic heterocycles. The number of nitrogens with one attached hydrogen (secondary N) is 1. The molecule has 0 radical (unpaired) electrons. The van der Waals surface area contributed by atoms with Gasteiger partial charge in [-0.25, -0.2) is 4.79 Å². The first-order valence-electron chi connectivity index (χ1n) is 11.8. The summed E-state index contributed by atoms with van der Waals surface area (Å²) in [6.07, 6.45) is 2.39. The van der Waals surface area contributed by atoms with E-state index >= 15 is 0 Å². The maximum atomic E-state index is 11.3. The number of hydrogen-bond acceptors (Lipinski definition) is 4. The van der Waals surface area contributed by atoms with Gasteiger partial charge in [-0.2, -0.15) is 0 Å². The second-order valence-electron chi connectivity index (χ2n) is 9.88. The molecule has 1 aliphatic rings. The summed E-state index contributed by atoms with van der Waals surface area (Å²) in [6, 6.07) is 22.2. The lowest BCUT2D eigenvalue weighted by atomic mass is 9.93. The molecule has 0 spiro atoms. The number of benzene rings is 3. The fraction of sp³-hybridized carbons (Fsp3) is 0.393. The number of rotatable bonds is 9. The van der Waals surface area contributed by atoms with E-state index in [0.717, 1.165) is 31.4 Å². The lowest BCUT2D eigenvalue weighted by Gasteiger charge is -2.33. The van der Waals surface area contributed by atoms with Gasteiger partial charge >= 0.3 is 5.97 Å². The first kappa shape index (κ1) is 23.4. The van der Waals surface area contributed by atoms with Gasteiger partial charge in [0.2, 0.25) is 0 Å². The van der Waals surface area contributed by atoms with Crippen LogP contribution < -0.4 is 5.32 Å². The first-order valence-corrected chi connectivity index (χ1v) is 11.8. The van der Waals surface area contributed by atoms with Gasteiger partial charge in [0.05, 0.1) is 11.7 Å². The molecule has 0 saturated carbocycles. The zero-order valence-corrected chi connectivity index (χ0v) is 19.5. The molecule has 3 aromatic rings. The van der Waals surface area contributed by atoms with Crippen molar-refractivity contribution < 1.29 is 15.0 Å². The van der Waals surface area contributed by atoms with Crippen LogP contribution in [-0.2, 0) is 13.0 Å². The van der Waals surface area contributed by atoms with E-state index in [1.807, 2.05) is 6.07 Å². The van der Waals surface area contributed by atoms with Crippen molar-refractivity contribution in [2.24, 2.45) is 0 Å². The topological polar surface area (TPSA) is 72.8 Å². The molecule has 1 saturated heterocycles. The Labute approximate surface area is 196 Å². The van der Waals surface area contributed by atoms with Crippen molar-refractivity contribution in [3.8, 4) is 0 Å². The van der Waals surface area contributed by atoms with Gasteiger partial charge in [-0.05, 0) is 73.7 Å². The zero-order chi connectivity index (χ0) is 23.4. The predicted molar refractivity (Wildman–Crippen MR) is 133 cm³/mol. The Hall–Kier alpha value is -2.73. The van der Waals surface area contributed by atoms with Crippen LogP contribution in [0.25, 0.3) is 10.8 Å². The Morgan fingerprint density at radius 1 is 1.06 bits per heavy atom. The van der Waals surface area contributed by atoms with Gasteiger partial charge < -0.3 is 15.5 Å². The third-order valence-electron chi connectivity index (χ3n) is 6.67. The summed E-state index contributed by atoms with van der Waals surface area (Å²) in [4.78, 5) is 13.6. The molecule has 3 N–H and O–H groups in total. The minimum atomic E-state index is -0.910. The quantitative estimate of drug-likeness (QED) is 0.452. The van der Waals surface area contributed by atoms with Gasteiger partial charge in [-0.15, -0.1) is 0 Å². The van der Waals surface area contributed by atoms with Gasteiger partial charge in [-0.1, -0.05) is 54.6 Å². The summed E-state index contributed by atoms with van der Waals surface area (Å²) < 4.78 is 0. The van der Waals surface area contributed by atoms with Crippen LogP contribution in [0.2, 0.25) is 0 Å². The highest BCUT2D eigenvalue weighted by atomic mass is 16.4. The summed E-state index contributed by atoms with van der Waals surface area (Å²) in [6.45, 7) is 6.46. The first-order chi connectivity index (χ1) is 15.8. The highest BCUT2D eigenvalue weighted by Gasteiger charge is 2.31. The molecule has 33 heavy (non-hydrogen) atoms. The van der Waals surface area contributed by atoms with Crippen LogP contribution >= 0.6 is 0 Å². The number of carbonyl (C=O) groups is 1. The molecule has 4 rings (SSSR count). The average molecular weight is 447 g/mol. The summed E-state index contributed by atoms with van der Waals surface area (Å²) in [5.41, 5.74) is 2.41. The number of hydrogen-bond donors (Lipinski definition) is 3. The lowest BCUT2D eigenvalue weighted by molar-refractivity contribution is 0.0631. The number of β-amino-alcohol motifs (C(OH)–C–C–N with tert-alkyl or cyclic N) is 1. The summed E-state index contributed by atoms with van der Waals surface area (Å²) in [5.74, 6) is -0.910. The molecule has 174 valence electrons. The Morgan fingerprint density at radius 3 is 2.64 bits per heavy atom. The van der Waals surface area contributed by atoms with E-state index in [1.54, 1.807) is 18.2 Å². The van der Waals surface area contributed by atoms with Crippen molar-refractivity contribution in [3.05, 3.63) is 83.4 Å². The van der Waals surface area contributed by atoms with E-state index in [1.165, 1.54) is 16.3 Å². The van der Waals surface area contributed by atoms with E-state index < -0.39 is 12.1 Å². The van der Waals surface area contributed by atoms with Crippen molar-refractivity contribution >= 4 is 16.7 Å². The predicted octanol–water partition coefficient (Wildman–Crippen LogP) is 4.47. The number of carboxylic acids is 1. The lowest BCUT2D eigenvalue weighted by Crippen LogP contribution is -2.50. The van der Waals surface area contributed by atoms with E-state index in [-0.39, 0.29) is 11.6 Å². The normalized spacial score (nSPS) is 18.0. The minimum absolute atomic E-state index is 0.0717. The number of aliphatic hydroxyl groups excluding tert-OH is 1. The van der Waals surface area contributed by atoms with Crippen LogP contribution in [0.5, 0.6) is 0 Å². The number of aliphatic hydroxyl groups is 1. The van der Waals surface area contributed by atoms with Crippen LogP contribution in [0.15, 0.2) is 66.7 Å². The molecule has 0 aliphatic carbocycles. The third-order valence-corrected chi connectivity index (χ3v) is 6.67. The molecule has 3 aromatic carbocycles. The smallest absolute Gasteiger partial charge is 0.335 e. The maximum Gasteiger partial charge on any atom is 0.335 e. The van der Waals surface area contributed by atoms with Gasteiger partial charge in [0, 0.05) is 24.7 Å². The third kappa shape index (κ3) is 5.99. The van der Waals surface area contributed by atoms with E-state index in [4.69, 9.17) is 0 Å². The highest BCUT2D eigenvalue weighted by molar-refractivity contribution is 5.87. The average Bonchev–Trinajstić information content (AvgIpc) is 3.25. The molecule has 1 aliphatic heterocycles. The summed E-state index contributed by atoms with van der Waals surface area (Å²) in [7, 11) is 0. The zero-order valence-electron chi connectivity index (χ0n) is 19.5. The van der Waals surface area contributed by atoms with Crippen molar-refractivity contribution in [2.45, 2.75) is 57.3 Å². The highest BCUT2D eigenvalue weighted by Crippen LogP contribution is 2.24. The van der Waals surface area contributed by atoms with E-state index in [2.05, 4.69) is 66.5 Å². The van der Waals surface area contributed by atoms with Crippen LogP contribution in [0.4, 0.5) is 0 Å². The molecule has 1 heterocycles. The van der Waals surface area contributed by atoms with Crippen LogP contribution in [-0.4, -0.2) is 51.9 Å². The maximum absolute atomic E-state index is 11.3. The second-order valence-corrected chi connectivity index (χ2v) is 9.88. The van der Waals surface area contributed by atoms with Crippen LogP contribution in [0.3, 0.4) is 0 Å². The number of aromatic carboxylic acids is 1. The van der Waals surface area contributed by atoms with Crippen LogP contribution in [0, 0.1) is 0 Å². The molecular weight excluding hydrogens is 412 g/mol. The molecule has 5 heteroatoms. The summed E-state index contributed by atoms with van der Waals surface area (Å²) >= 11 is 0. The summed E-state index contributed by atoms with van der Waals surface area (Å²) in [5, 5.41) is 26.3. The van der Waals surface area contributed by atoms with Gasteiger partial charge in [0.1, 0.15) is 0 Å². The van der Waals surface area contributed by atoms with Crippen LogP contribution in [0.1, 0.15) is 48.2 Å². The Morgan fingerprint density at radius 2 is 1.85 bits per heavy atom. The number of fused-ring (bicyclic) bond motifs is 1. The molecule has 0 bridgehead atoms. The minimum Gasteiger partial charge on any atom is -0.478 e. The SMILES string of the molecule is CC(C)(Cc1ccc2ccccc2c1)NC[C@@H](O)[C@H]1CCCN1Cc1cccc(C(=O)O)c1. The van der Waals surface area contributed by atoms with Crippen molar-refractivity contribution in [1.82, 2.24) is 10.2 Å². The van der Waals surface area contributed by atoms with Gasteiger partial charge in [0.15, 0.2) is 0 Å². The van der Waals surface area contributed by atoms with Crippen molar-refractivity contribution in [1.29, 1.82) is 0 Å². The van der Waals surface area contributed by atoms with Crippen molar-refractivity contribution in [2.75, 3.05) is 13.1 Å². The number of likely N-dealkylation sites (tertiary alicyclic amines) is 1. The fourth-order valence-electron chi connectivity index (χ4n) is 4.96. The molecule has 0 unspecified atom stereocenters. The molecule has 0 amide bonds. The Bertz CT molecular complexity index is 1110. The van der Waals surface area contributed by atoms with E-state index in [0.29, 0.717) is 18.7 Å². The monoisotopic (exact) mass is 446 g/mol. The van der Waals surface area contributed by atoms with Gasteiger partial charge in [0.25, 0.3) is 0 Å².